The maximum Gasteiger partial charge on any atom is 0.420 e. The molecule has 0 aliphatic carbocycles. The van der Waals surface area contributed by atoms with Gasteiger partial charge < -0.3 is 10.1 Å². The fourth-order valence-electron chi connectivity index (χ4n) is 2.73. The lowest BCUT2D eigenvalue weighted by atomic mass is 10.1. The van der Waals surface area contributed by atoms with Crippen LogP contribution in [-0.2, 0) is 6.18 Å². The number of benzene rings is 2. The summed E-state index contributed by atoms with van der Waals surface area (Å²) >= 11 is 1.14. The zero-order chi connectivity index (χ0) is 21.7. The van der Waals surface area contributed by atoms with Crippen LogP contribution in [0.15, 0.2) is 41.8 Å². The highest BCUT2D eigenvalue weighted by Gasteiger charge is 2.34. The van der Waals surface area contributed by atoms with Gasteiger partial charge in [0.05, 0.1) is 17.9 Å². The Morgan fingerprint density at radius 3 is 2.53 bits per heavy atom. The molecule has 0 unspecified atom stereocenters. The van der Waals surface area contributed by atoms with Crippen molar-refractivity contribution in [2.75, 3.05) is 11.9 Å². The summed E-state index contributed by atoms with van der Waals surface area (Å²) in [5, 5.41) is 4.74. The monoisotopic (exact) mass is 442 g/mol. The van der Waals surface area contributed by atoms with E-state index in [4.69, 9.17) is 4.74 Å². The first-order chi connectivity index (χ1) is 14.3. The van der Waals surface area contributed by atoms with Gasteiger partial charge in [0.1, 0.15) is 5.75 Å². The fourth-order valence-corrected chi connectivity index (χ4v) is 3.47. The van der Waals surface area contributed by atoms with E-state index < -0.39 is 23.4 Å². The largest absolute Gasteiger partial charge is 0.493 e. The average Bonchev–Trinajstić information content (AvgIpc) is 3.16. The molecule has 3 nitrogen and oxygen atoms in total. The van der Waals surface area contributed by atoms with Gasteiger partial charge in [-0.15, -0.1) is 11.3 Å². The molecule has 0 bridgehead atoms. The van der Waals surface area contributed by atoms with Gasteiger partial charge in [0, 0.05) is 16.6 Å². The van der Waals surface area contributed by atoms with E-state index in [0.717, 1.165) is 42.4 Å². The summed E-state index contributed by atoms with van der Waals surface area (Å²) in [6.45, 7) is 2.21. The molecule has 0 saturated carbocycles. The average molecular weight is 442 g/mol. The number of ether oxygens (including phenoxy) is 1. The number of hydrogen-bond acceptors (Lipinski definition) is 4. The van der Waals surface area contributed by atoms with Gasteiger partial charge in [-0.2, -0.15) is 13.2 Å². The van der Waals surface area contributed by atoms with Crippen molar-refractivity contribution in [1.29, 1.82) is 0 Å². The normalized spacial score (nSPS) is 11.5. The van der Waals surface area contributed by atoms with Crippen molar-refractivity contribution in [1.82, 2.24) is 4.98 Å². The first kappa shape index (κ1) is 22.0. The van der Waals surface area contributed by atoms with Gasteiger partial charge in [-0.05, 0) is 42.8 Å². The van der Waals surface area contributed by atoms with Crippen LogP contribution in [0.25, 0.3) is 11.3 Å². The van der Waals surface area contributed by atoms with Gasteiger partial charge in [0.25, 0.3) is 0 Å². The lowest BCUT2D eigenvalue weighted by Gasteiger charge is -2.15. The van der Waals surface area contributed by atoms with Crippen molar-refractivity contribution >= 4 is 22.2 Å². The third-order valence-corrected chi connectivity index (χ3v) is 5.02. The Hall–Kier alpha value is -2.68. The van der Waals surface area contributed by atoms with Crippen LogP contribution in [0.4, 0.5) is 32.8 Å². The number of nitrogens with one attached hydrogen (secondary N) is 1. The molecule has 2 aromatic carbocycles. The summed E-state index contributed by atoms with van der Waals surface area (Å²) in [4.78, 5) is 4.24. The van der Waals surface area contributed by atoms with Crippen molar-refractivity contribution < 1.29 is 26.7 Å². The molecule has 1 heterocycles. The Kier molecular flexibility index (Phi) is 6.91. The Morgan fingerprint density at radius 2 is 1.83 bits per heavy atom. The Labute approximate surface area is 174 Å². The van der Waals surface area contributed by atoms with Crippen LogP contribution in [0.5, 0.6) is 5.75 Å². The highest BCUT2D eigenvalue weighted by Crippen LogP contribution is 2.39. The SMILES string of the molecule is CCCCCOc1ccc(Nc2nc(-c3ccc(F)c(F)c3)cs2)cc1C(F)(F)F. The molecule has 30 heavy (non-hydrogen) atoms. The van der Waals surface area contributed by atoms with Gasteiger partial charge >= 0.3 is 6.18 Å². The van der Waals surface area contributed by atoms with Gasteiger partial charge in [-0.25, -0.2) is 13.8 Å². The van der Waals surface area contributed by atoms with Crippen LogP contribution in [0.2, 0.25) is 0 Å². The van der Waals surface area contributed by atoms with Crippen LogP contribution >= 0.6 is 11.3 Å². The van der Waals surface area contributed by atoms with Gasteiger partial charge in [-0.3, -0.25) is 0 Å². The Balaban J connectivity index is 1.78. The second kappa shape index (κ2) is 9.42. The number of anilines is 2. The number of nitrogens with zero attached hydrogens (tertiary/aromatic N) is 1. The molecule has 0 saturated heterocycles. The van der Waals surface area contributed by atoms with Crippen LogP contribution in [0.1, 0.15) is 31.7 Å². The molecule has 0 amide bonds. The molecule has 1 N–H and O–H groups in total. The molecule has 3 rings (SSSR count). The fraction of sp³-hybridized carbons (Fsp3) is 0.286. The van der Waals surface area contributed by atoms with Crippen molar-refractivity contribution in [3.63, 3.8) is 0 Å². The van der Waals surface area contributed by atoms with E-state index in [1.807, 2.05) is 6.92 Å². The summed E-state index contributed by atoms with van der Waals surface area (Å²) in [5.41, 5.74) is 0.0640. The lowest BCUT2D eigenvalue weighted by Crippen LogP contribution is -2.10. The molecule has 0 radical (unpaired) electrons. The van der Waals surface area contributed by atoms with Crippen molar-refractivity contribution in [3.05, 3.63) is 59.0 Å². The maximum atomic E-state index is 13.5. The maximum absolute atomic E-state index is 13.5. The Morgan fingerprint density at radius 1 is 1.03 bits per heavy atom. The molecule has 0 spiro atoms. The summed E-state index contributed by atoms with van der Waals surface area (Å²) in [5.74, 6) is -2.19. The van der Waals surface area contributed by atoms with Crippen LogP contribution < -0.4 is 10.1 Å². The molecule has 0 aliphatic rings. The van der Waals surface area contributed by atoms with E-state index in [1.54, 1.807) is 5.38 Å². The minimum absolute atomic E-state index is 0.189. The lowest BCUT2D eigenvalue weighted by molar-refractivity contribution is -0.138. The molecule has 9 heteroatoms. The molecule has 0 aliphatic heterocycles. The summed E-state index contributed by atoms with van der Waals surface area (Å²) in [6, 6.07) is 7.11. The summed E-state index contributed by atoms with van der Waals surface area (Å²) in [7, 11) is 0. The number of thiazole rings is 1. The molecule has 0 atom stereocenters. The summed E-state index contributed by atoms with van der Waals surface area (Å²) in [6.07, 6.45) is -2.07. The van der Waals surface area contributed by atoms with Crippen LogP contribution in [-0.4, -0.2) is 11.6 Å². The molecule has 1 aromatic heterocycles. The molecular formula is C21H19F5N2OS. The van der Waals surface area contributed by atoms with Gasteiger partial charge in [0.15, 0.2) is 16.8 Å². The topological polar surface area (TPSA) is 34.1 Å². The van der Waals surface area contributed by atoms with E-state index in [1.165, 1.54) is 18.2 Å². The first-order valence-corrected chi connectivity index (χ1v) is 10.2. The number of hydrogen-bond donors (Lipinski definition) is 1. The first-order valence-electron chi connectivity index (χ1n) is 9.30. The molecular weight excluding hydrogens is 423 g/mol. The number of rotatable bonds is 8. The zero-order valence-electron chi connectivity index (χ0n) is 16.0. The van der Waals surface area contributed by atoms with E-state index in [2.05, 4.69) is 10.3 Å². The highest BCUT2D eigenvalue weighted by molar-refractivity contribution is 7.14. The van der Waals surface area contributed by atoms with E-state index in [9.17, 15) is 22.0 Å². The quantitative estimate of drug-likeness (QED) is 0.291. The highest BCUT2D eigenvalue weighted by atomic mass is 32.1. The molecule has 160 valence electrons. The van der Waals surface area contributed by atoms with Crippen molar-refractivity contribution in [2.45, 2.75) is 32.4 Å². The van der Waals surface area contributed by atoms with Crippen molar-refractivity contribution in [3.8, 4) is 17.0 Å². The van der Waals surface area contributed by atoms with E-state index in [0.29, 0.717) is 22.8 Å². The Bertz CT molecular complexity index is 1000. The van der Waals surface area contributed by atoms with E-state index >= 15 is 0 Å². The van der Waals surface area contributed by atoms with Crippen molar-refractivity contribution in [2.24, 2.45) is 0 Å². The minimum Gasteiger partial charge on any atom is -0.493 e. The summed E-state index contributed by atoms with van der Waals surface area (Å²) < 4.78 is 72.2. The number of halogens is 5. The molecule has 3 aromatic rings. The van der Waals surface area contributed by atoms with Gasteiger partial charge in [-0.1, -0.05) is 19.8 Å². The predicted molar refractivity (Wildman–Crippen MR) is 107 cm³/mol. The van der Waals surface area contributed by atoms with Crippen LogP contribution in [0.3, 0.4) is 0 Å². The molecule has 0 fully saturated rings. The number of aromatic nitrogens is 1. The third-order valence-electron chi connectivity index (χ3n) is 4.26. The number of alkyl halides is 3. The van der Waals surface area contributed by atoms with Gasteiger partial charge in [0.2, 0.25) is 0 Å². The zero-order valence-corrected chi connectivity index (χ0v) is 16.8. The number of unbranched alkanes of at least 4 members (excludes halogenated alkanes) is 2. The second-order valence-corrected chi connectivity index (χ2v) is 7.41. The minimum atomic E-state index is -4.57. The second-order valence-electron chi connectivity index (χ2n) is 6.56. The van der Waals surface area contributed by atoms with E-state index in [-0.39, 0.29) is 18.0 Å². The van der Waals surface area contributed by atoms with Crippen LogP contribution in [0, 0.1) is 11.6 Å². The standard InChI is InChI=1S/C21H19F5N2OS/c1-2-3-4-9-29-19-8-6-14(11-15(19)21(24,25)26)27-20-28-18(12-30-20)13-5-7-16(22)17(23)10-13/h5-8,10-12H,2-4,9H2,1H3,(H,27,28). The predicted octanol–water partition coefficient (Wildman–Crippen LogP) is 7.42. The smallest absolute Gasteiger partial charge is 0.420 e. The third kappa shape index (κ3) is 5.47.